The summed E-state index contributed by atoms with van der Waals surface area (Å²) in [7, 11) is 1.66. The zero-order valence-corrected chi connectivity index (χ0v) is 19.2. The molecule has 0 atom stereocenters. The molecule has 172 valence electrons. The first-order chi connectivity index (χ1) is 15.3. The molecule has 32 heavy (non-hydrogen) atoms. The second-order valence-corrected chi connectivity index (χ2v) is 7.69. The summed E-state index contributed by atoms with van der Waals surface area (Å²) in [5.41, 5.74) is 1.23. The minimum absolute atomic E-state index is 0.0423. The quantitative estimate of drug-likeness (QED) is 0.571. The van der Waals surface area contributed by atoms with Crippen LogP contribution in [0, 0.1) is 0 Å². The Balaban J connectivity index is 0.000000534. The highest BCUT2D eigenvalue weighted by Gasteiger charge is 2.21. The van der Waals surface area contributed by atoms with Gasteiger partial charge in [-0.2, -0.15) is 0 Å². The number of carboxylic acid groups (broad SMARTS) is 2. The van der Waals surface area contributed by atoms with Crippen LogP contribution < -0.4 is 9.47 Å². The molecule has 0 aliphatic carbocycles. The van der Waals surface area contributed by atoms with Crippen molar-refractivity contribution in [3.05, 3.63) is 58.6 Å². The summed E-state index contributed by atoms with van der Waals surface area (Å²) >= 11 is 3.53. The molecule has 0 bridgehead atoms. The number of amides is 1. The third-order valence-electron chi connectivity index (χ3n) is 4.64. The van der Waals surface area contributed by atoms with E-state index in [0.29, 0.717) is 0 Å². The van der Waals surface area contributed by atoms with Crippen molar-refractivity contribution in [2.75, 3.05) is 39.9 Å². The maximum Gasteiger partial charge on any atom is 0.414 e. The van der Waals surface area contributed by atoms with E-state index in [9.17, 15) is 4.79 Å². The van der Waals surface area contributed by atoms with Gasteiger partial charge in [-0.1, -0.05) is 24.3 Å². The van der Waals surface area contributed by atoms with E-state index in [-0.39, 0.29) is 12.5 Å². The molecule has 3 rings (SSSR count). The topological polar surface area (TPSA) is 117 Å². The van der Waals surface area contributed by atoms with E-state index in [1.807, 2.05) is 41.3 Å². The zero-order chi connectivity index (χ0) is 23.5. The first-order valence-corrected chi connectivity index (χ1v) is 10.6. The van der Waals surface area contributed by atoms with Gasteiger partial charge in [-0.25, -0.2) is 9.59 Å². The lowest BCUT2D eigenvalue weighted by Gasteiger charge is -2.34. The number of carbonyl (C=O) groups is 3. The molecule has 2 N–H and O–H groups in total. The van der Waals surface area contributed by atoms with Crippen molar-refractivity contribution in [1.82, 2.24) is 9.80 Å². The molecule has 2 aromatic rings. The largest absolute Gasteiger partial charge is 0.496 e. The number of piperazine rings is 1. The van der Waals surface area contributed by atoms with Crippen LogP contribution in [0.15, 0.2) is 53.0 Å². The lowest BCUT2D eigenvalue weighted by atomic mass is 10.2. The lowest BCUT2D eigenvalue weighted by Crippen LogP contribution is -2.49. The van der Waals surface area contributed by atoms with Crippen molar-refractivity contribution in [1.29, 1.82) is 0 Å². The lowest BCUT2D eigenvalue weighted by molar-refractivity contribution is -0.159. The molecular weight excluding hydrogens is 484 g/mol. The standard InChI is InChI=1S/C20H23BrN2O3.C2H2O4/c1-25-19-8-7-16(13-18(19)21)14-22-9-11-23(12-10-22)20(24)15-26-17-5-3-2-4-6-17;3-1(4)2(5)6/h2-8,13H,9-12,14-15H2,1H3;(H,3,4)(H,5,6). The van der Waals surface area contributed by atoms with Crippen LogP contribution in [-0.2, 0) is 20.9 Å². The van der Waals surface area contributed by atoms with Crippen molar-refractivity contribution in [2.45, 2.75) is 6.54 Å². The van der Waals surface area contributed by atoms with Crippen LogP contribution in [0.4, 0.5) is 0 Å². The van der Waals surface area contributed by atoms with E-state index < -0.39 is 11.9 Å². The molecule has 0 saturated carbocycles. The van der Waals surface area contributed by atoms with E-state index in [2.05, 4.69) is 33.0 Å². The van der Waals surface area contributed by atoms with Gasteiger partial charge in [0.15, 0.2) is 6.61 Å². The van der Waals surface area contributed by atoms with Crippen molar-refractivity contribution in [3.8, 4) is 11.5 Å². The average Bonchev–Trinajstić information content (AvgIpc) is 2.79. The van der Waals surface area contributed by atoms with Gasteiger partial charge < -0.3 is 24.6 Å². The van der Waals surface area contributed by atoms with Gasteiger partial charge in [0, 0.05) is 32.7 Å². The molecule has 0 aromatic heterocycles. The number of carbonyl (C=O) groups excluding carboxylic acids is 1. The molecule has 0 radical (unpaired) electrons. The van der Waals surface area contributed by atoms with Crippen molar-refractivity contribution in [2.24, 2.45) is 0 Å². The first kappa shape index (κ1) is 25.2. The summed E-state index contributed by atoms with van der Waals surface area (Å²) in [6, 6.07) is 15.6. The molecular formula is C22H25BrN2O7. The van der Waals surface area contributed by atoms with Gasteiger partial charge in [0.1, 0.15) is 11.5 Å². The van der Waals surface area contributed by atoms with Gasteiger partial charge >= 0.3 is 11.9 Å². The van der Waals surface area contributed by atoms with Gasteiger partial charge in [-0.15, -0.1) is 0 Å². The average molecular weight is 509 g/mol. The molecule has 1 saturated heterocycles. The van der Waals surface area contributed by atoms with Gasteiger partial charge in [0.05, 0.1) is 11.6 Å². The fraction of sp³-hybridized carbons (Fsp3) is 0.318. The highest BCUT2D eigenvalue weighted by atomic mass is 79.9. The summed E-state index contributed by atoms with van der Waals surface area (Å²) < 4.78 is 11.8. The van der Waals surface area contributed by atoms with E-state index in [4.69, 9.17) is 29.3 Å². The summed E-state index contributed by atoms with van der Waals surface area (Å²) in [6.07, 6.45) is 0. The zero-order valence-electron chi connectivity index (χ0n) is 17.6. The number of carboxylic acids is 2. The molecule has 1 aliphatic rings. The summed E-state index contributed by atoms with van der Waals surface area (Å²) in [5, 5.41) is 14.8. The molecule has 1 amide bonds. The number of benzene rings is 2. The maximum absolute atomic E-state index is 12.3. The highest BCUT2D eigenvalue weighted by Crippen LogP contribution is 2.26. The van der Waals surface area contributed by atoms with Crippen LogP contribution in [0.3, 0.4) is 0 Å². The molecule has 2 aromatic carbocycles. The van der Waals surface area contributed by atoms with E-state index in [1.165, 1.54) is 5.56 Å². The molecule has 9 nitrogen and oxygen atoms in total. The Morgan fingerprint density at radius 2 is 1.59 bits per heavy atom. The fourth-order valence-corrected chi connectivity index (χ4v) is 3.56. The van der Waals surface area contributed by atoms with Crippen molar-refractivity contribution in [3.63, 3.8) is 0 Å². The Hall–Kier alpha value is -3.11. The van der Waals surface area contributed by atoms with E-state index >= 15 is 0 Å². The Bertz CT molecular complexity index is 904. The Labute approximate surface area is 194 Å². The van der Waals surface area contributed by atoms with E-state index in [0.717, 1.165) is 48.7 Å². The summed E-state index contributed by atoms with van der Waals surface area (Å²) in [4.78, 5) is 34.7. The van der Waals surface area contributed by atoms with Gasteiger partial charge in [-0.3, -0.25) is 9.69 Å². The highest BCUT2D eigenvalue weighted by molar-refractivity contribution is 9.10. The third kappa shape index (κ3) is 8.20. The number of halogens is 1. The van der Waals surface area contributed by atoms with Crippen molar-refractivity contribution >= 4 is 33.8 Å². The smallest absolute Gasteiger partial charge is 0.414 e. The SMILES string of the molecule is COc1ccc(CN2CCN(C(=O)COc3ccccc3)CC2)cc1Br.O=C(O)C(=O)O. The number of nitrogens with zero attached hydrogens (tertiary/aromatic N) is 2. The number of aliphatic carboxylic acids is 2. The number of hydrogen-bond acceptors (Lipinski definition) is 6. The Kier molecular flexibility index (Phi) is 9.96. The van der Waals surface area contributed by atoms with Gasteiger partial charge in [0.2, 0.25) is 0 Å². The van der Waals surface area contributed by atoms with Crippen LogP contribution in [0.2, 0.25) is 0 Å². The van der Waals surface area contributed by atoms with Crippen LogP contribution in [-0.4, -0.2) is 77.8 Å². The number of ether oxygens (including phenoxy) is 2. The minimum Gasteiger partial charge on any atom is -0.496 e. The predicted octanol–water partition coefficient (Wildman–Crippen LogP) is 2.34. The molecule has 10 heteroatoms. The second-order valence-electron chi connectivity index (χ2n) is 6.84. The molecule has 1 fully saturated rings. The maximum atomic E-state index is 12.3. The fourth-order valence-electron chi connectivity index (χ4n) is 2.97. The van der Waals surface area contributed by atoms with Crippen LogP contribution in [0.1, 0.15) is 5.56 Å². The number of para-hydroxylation sites is 1. The van der Waals surface area contributed by atoms with Crippen LogP contribution in [0.25, 0.3) is 0 Å². The molecule has 1 heterocycles. The van der Waals surface area contributed by atoms with Gasteiger partial charge in [0.25, 0.3) is 5.91 Å². The number of rotatable bonds is 6. The first-order valence-electron chi connectivity index (χ1n) is 9.76. The predicted molar refractivity (Wildman–Crippen MR) is 120 cm³/mol. The molecule has 0 unspecified atom stereocenters. The Morgan fingerprint density at radius 3 is 2.12 bits per heavy atom. The number of hydrogen-bond donors (Lipinski definition) is 2. The van der Waals surface area contributed by atoms with Crippen LogP contribution >= 0.6 is 15.9 Å². The summed E-state index contributed by atoms with van der Waals surface area (Å²) in [6.45, 7) is 4.14. The van der Waals surface area contributed by atoms with Crippen molar-refractivity contribution < 1.29 is 34.1 Å². The summed E-state index contributed by atoms with van der Waals surface area (Å²) in [5.74, 6) is -2.04. The number of methoxy groups -OCH3 is 1. The Morgan fingerprint density at radius 1 is 0.969 bits per heavy atom. The minimum atomic E-state index is -1.82. The third-order valence-corrected chi connectivity index (χ3v) is 5.26. The van der Waals surface area contributed by atoms with Crippen LogP contribution in [0.5, 0.6) is 11.5 Å². The van der Waals surface area contributed by atoms with E-state index in [1.54, 1.807) is 7.11 Å². The monoisotopic (exact) mass is 508 g/mol. The molecule has 1 aliphatic heterocycles. The second kappa shape index (κ2) is 12.7. The normalized spacial score (nSPS) is 13.5. The van der Waals surface area contributed by atoms with Gasteiger partial charge in [-0.05, 0) is 45.8 Å². The molecule has 0 spiro atoms.